The van der Waals surface area contributed by atoms with Gasteiger partial charge in [-0.05, 0) is 28.1 Å². The van der Waals surface area contributed by atoms with Crippen molar-refractivity contribution in [3.63, 3.8) is 0 Å². The number of halogens is 2. The second-order valence-electron chi connectivity index (χ2n) is 2.18. The van der Waals surface area contributed by atoms with Gasteiger partial charge >= 0.3 is 0 Å². The summed E-state index contributed by atoms with van der Waals surface area (Å²) in [6.45, 7) is 0. The lowest BCUT2D eigenvalue weighted by atomic mass is 10.3. The minimum absolute atomic E-state index is 0.0431. The van der Waals surface area contributed by atoms with Gasteiger partial charge in [0.1, 0.15) is 11.5 Å². The predicted octanol–water partition coefficient (Wildman–Crippen LogP) is 1.51. The molecule has 4 N–H and O–H groups in total. The Morgan fingerprint density at radius 2 is 2.31 bits per heavy atom. The molecule has 4 nitrogen and oxygen atoms in total. The zero-order valence-corrected chi connectivity index (χ0v) is 8.05. The lowest BCUT2D eigenvalue weighted by Crippen LogP contribution is -2.27. The zero-order chi connectivity index (χ0) is 9.84. The van der Waals surface area contributed by atoms with E-state index in [9.17, 15) is 4.39 Å². The number of guanidine groups is 1. The summed E-state index contributed by atoms with van der Waals surface area (Å²) in [6.07, 6.45) is 0. The highest BCUT2D eigenvalue weighted by atomic mass is 79.9. The van der Waals surface area contributed by atoms with Crippen LogP contribution in [0.4, 0.5) is 10.1 Å². The molecule has 0 heterocycles. The van der Waals surface area contributed by atoms with Crippen molar-refractivity contribution in [2.45, 2.75) is 0 Å². The first-order chi connectivity index (χ1) is 6.15. The van der Waals surface area contributed by atoms with E-state index in [2.05, 4.69) is 20.9 Å². The fourth-order valence-electron chi connectivity index (χ4n) is 0.741. The van der Waals surface area contributed by atoms with Crippen LogP contribution >= 0.6 is 15.9 Å². The molecule has 0 aromatic heterocycles. The average Bonchev–Trinajstić information content (AvgIpc) is 2.11. The maximum absolute atomic E-state index is 13.0. The molecule has 1 rings (SSSR count). The molecule has 0 saturated heterocycles. The molecule has 0 saturated carbocycles. The van der Waals surface area contributed by atoms with Crippen molar-refractivity contribution >= 4 is 27.6 Å². The summed E-state index contributed by atoms with van der Waals surface area (Å²) >= 11 is 3.09. The van der Waals surface area contributed by atoms with Crippen LogP contribution in [-0.2, 0) is 0 Å². The molecule has 0 amide bonds. The van der Waals surface area contributed by atoms with Gasteiger partial charge in [-0.15, -0.1) is 0 Å². The molecule has 70 valence electrons. The smallest absolute Gasteiger partial charge is 0.218 e. The van der Waals surface area contributed by atoms with Crippen LogP contribution in [0.1, 0.15) is 0 Å². The number of nitrogens with two attached hydrogens (primary N) is 1. The van der Waals surface area contributed by atoms with Gasteiger partial charge in [0.2, 0.25) is 5.96 Å². The first kappa shape index (κ1) is 9.94. The summed E-state index contributed by atoms with van der Waals surface area (Å²) in [5.74, 6) is -0.793. The standard InChI is InChI=1S/C7H7BrFN3O/c8-4-2-1-3-5(9)6(4)11-7(10)12-13/h1-3,13H,(H3,10,11,12). The van der Waals surface area contributed by atoms with Crippen LogP contribution in [0.15, 0.2) is 27.7 Å². The second-order valence-corrected chi connectivity index (χ2v) is 3.03. The van der Waals surface area contributed by atoms with E-state index in [1.165, 1.54) is 12.1 Å². The van der Waals surface area contributed by atoms with E-state index in [1.807, 2.05) is 0 Å². The van der Waals surface area contributed by atoms with E-state index >= 15 is 0 Å². The van der Waals surface area contributed by atoms with Crippen LogP contribution < -0.4 is 11.2 Å². The Kier molecular flexibility index (Phi) is 3.21. The second kappa shape index (κ2) is 4.20. The lowest BCUT2D eigenvalue weighted by molar-refractivity contribution is 0.233. The van der Waals surface area contributed by atoms with E-state index in [0.717, 1.165) is 0 Å². The van der Waals surface area contributed by atoms with Crippen LogP contribution in [0.3, 0.4) is 0 Å². The first-order valence-corrected chi connectivity index (χ1v) is 4.12. The van der Waals surface area contributed by atoms with Crippen LogP contribution in [0, 0.1) is 5.82 Å². The molecule has 0 unspecified atom stereocenters. The topological polar surface area (TPSA) is 70.6 Å². The van der Waals surface area contributed by atoms with E-state index in [-0.39, 0.29) is 11.6 Å². The summed E-state index contributed by atoms with van der Waals surface area (Å²) in [5.41, 5.74) is 6.80. The largest absolute Gasteiger partial charge is 0.368 e. The SMILES string of the molecule is NC(=Nc1c(F)cccc1Br)NO. The number of rotatable bonds is 1. The number of nitrogens with zero attached hydrogens (tertiary/aromatic N) is 1. The number of hydrogen-bond acceptors (Lipinski definition) is 2. The van der Waals surface area contributed by atoms with Crippen LogP contribution in [0.2, 0.25) is 0 Å². The number of benzene rings is 1. The average molecular weight is 248 g/mol. The molecule has 0 spiro atoms. The molecule has 0 aliphatic rings. The Hall–Kier alpha value is -1.14. The van der Waals surface area contributed by atoms with Gasteiger partial charge in [-0.2, -0.15) is 0 Å². The Morgan fingerprint density at radius 3 is 2.85 bits per heavy atom. The van der Waals surface area contributed by atoms with Gasteiger partial charge in [-0.3, -0.25) is 5.21 Å². The van der Waals surface area contributed by atoms with Crippen LogP contribution in [-0.4, -0.2) is 11.2 Å². The fourth-order valence-corrected chi connectivity index (χ4v) is 1.17. The van der Waals surface area contributed by atoms with Crippen molar-refractivity contribution in [3.05, 3.63) is 28.5 Å². The fraction of sp³-hybridized carbons (Fsp3) is 0. The van der Waals surface area contributed by atoms with E-state index in [0.29, 0.717) is 4.47 Å². The maximum atomic E-state index is 13.0. The van der Waals surface area contributed by atoms with Crippen molar-refractivity contribution in [3.8, 4) is 0 Å². The van der Waals surface area contributed by atoms with Gasteiger partial charge in [0.25, 0.3) is 0 Å². The predicted molar refractivity (Wildman–Crippen MR) is 50.3 cm³/mol. The van der Waals surface area contributed by atoms with Crippen molar-refractivity contribution < 1.29 is 9.60 Å². The van der Waals surface area contributed by atoms with Crippen molar-refractivity contribution in [1.82, 2.24) is 5.48 Å². The quantitative estimate of drug-likeness (QED) is 0.401. The Labute approximate surface area is 82.4 Å². The van der Waals surface area contributed by atoms with Crippen molar-refractivity contribution in [1.29, 1.82) is 0 Å². The Morgan fingerprint density at radius 1 is 1.62 bits per heavy atom. The highest BCUT2D eigenvalue weighted by molar-refractivity contribution is 9.10. The number of hydroxylamine groups is 1. The lowest BCUT2D eigenvalue weighted by Gasteiger charge is -2.01. The third-order valence-electron chi connectivity index (χ3n) is 1.28. The third-order valence-corrected chi connectivity index (χ3v) is 1.92. The summed E-state index contributed by atoms with van der Waals surface area (Å²) in [4.78, 5) is 3.59. The molecule has 0 fully saturated rings. The molecule has 6 heteroatoms. The van der Waals surface area contributed by atoms with Crippen LogP contribution in [0.25, 0.3) is 0 Å². The summed E-state index contributed by atoms with van der Waals surface area (Å²) in [6, 6.07) is 4.39. The minimum Gasteiger partial charge on any atom is -0.368 e. The molecular weight excluding hydrogens is 241 g/mol. The number of para-hydroxylation sites is 1. The Bertz CT molecular complexity index is 322. The van der Waals surface area contributed by atoms with E-state index < -0.39 is 5.82 Å². The van der Waals surface area contributed by atoms with Gasteiger partial charge in [0.15, 0.2) is 0 Å². The maximum Gasteiger partial charge on any atom is 0.218 e. The van der Waals surface area contributed by atoms with Gasteiger partial charge in [-0.25, -0.2) is 14.9 Å². The minimum atomic E-state index is -0.521. The first-order valence-electron chi connectivity index (χ1n) is 3.33. The molecule has 13 heavy (non-hydrogen) atoms. The summed E-state index contributed by atoms with van der Waals surface area (Å²) in [7, 11) is 0. The molecular formula is C7H7BrFN3O. The Balaban J connectivity index is 3.14. The number of nitrogens with one attached hydrogen (secondary N) is 1. The monoisotopic (exact) mass is 247 g/mol. The van der Waals surface area contributed by atoms with E-state index in [1.54, 1.807) is 11.5 Å². The summed E-state index contributed by atoms with van der Waals surface area (Å²) < 4.78 is 13.5. The molecule has 0 atom stereocenters. The highest BCUT2D eigenvalue weighted by Gasteiger charge is 2.04. The molecule has 1 aromatic carbocycles. The molecule has 1 aromatic rings. The molecule has 0 aliphatic carbocycles. The van der Waals surface area contributed by atoms with E-state index in [4.69, 9.17) is 10.9 Å². The zero-order valence-electron chi connectivity index (χ0n) is 6.46. The normalized spacial score (nSPS) is 11.5. The molecule has 0 aliphatic heterocycles. The van der Waals surface area contributed by atoms with Crippen LogP contribution in [0.5, 0.6) is 0 Å². The number of aliphatic imine (C=N–C) groups is 1. The van der Waals surface area contributed by atoms with Gasteiger partial charge < -0.3 is 5.73 Å². The molecule has 0 radical (unpaired) electrons. The van der Waals surface area contributed by atoms with Gasteiger partial charge in [0, 0.05) is 4.47 Å². The molecule has 0 bridgehead atoms. The highest BCUT2D eigenvalue weighted by Crippen LogP contribution is 2.27. The third kappa shape index (κ3) is 2.40. The number of hydrogen-bond donors (Lipinski definition) is 3. The van der Waals surface area contributed by atoms with Crippen molar-refractivity contribution in [2.75, 3.05) is 0 Å². The van der Waals surface area contributed by atoms with Gasteiger partial charge in [0.05, 0.1) is 0 Å². The van der Waals surface area contributed by atoms with Crippen molar-refractivity contribution in [2.24, 2.45) is 10.7 Å². The van der Waals surface area contributed by atoms with Gasteiger partial charge in [-0.1, -0.05) is 6.07 Å². The summed E-state index contributed by atoms with van der Waals surface area (Å²) in [5, 5.41) is 8.33.